The molecule has 1 aromatic heterocycles. The Morgan fingerprint density at radius 2 is 2.19 bits per heavy atom. The minimum atomic E-state index is -0.104. The van der Waals surface area contributed by atoms with Crippen LogP contribution in [0.5, 0.6) is 0 Å². The molecule has 1 amide bonds. The van der Waals surface area contributed by atoms with E-state index in [0.29, 0.717) is 24.7 Å². The van der Waals surface area contributed by atoms with Crippen LogP contribution in [-0.2, 0) is 4.74 Å². The first kappa shape index (κ1) is 14.3. The third kappa shape index (κ3) is 2.87. The molecule has 1 saturated heterocycles. The number of hydrogen-bond acceptors (Lipinski definition) is 3. The molecular weight excluding hydrogens is 288 g/mol. The van der Waals surface area contributed by atoms with Crippen LogP contribution in [0, 0.1) is 0 Å². The molecule has 2 heterocycles. The van der Waals surface area contributed by atoms with E-state index in [1.54, 1.807) is 11.0 Å². The van der Waals surface area contributed by atoms with Gasteiger partial charge in [0, 0.05) is 11.9 Å². The predicted molar refractivity (Wildman–Crippen MR) is 82.7 cm³/mol. The molecule has 2 unspecified atom stereocenters. The Kier molecular flexibility index (Phi) is 4.08. The third-order valence-corrected chi connectivity index (χ3v) is 4.10. The SMILES string of the molecule is CC1COC(CCl)CN1C(=O)c1ccc2ccccc2n1. The van der Waals surface area contributed by atoms with Crippen LogP contribution in [0.15, 0.2) is 36.4 Å². The summed E-state index contributed by atoms with van der Waals surface area (Å²) in [6, 6.07) is 11.5. The minimum absolute atomic E-state index is 0.0326. The van der Waals surface area contributed by atoms with E-state index in [9.17, 15) is 4.79 Å². The Morgan fingerprint density at radius 1 is 1.38 bits per heavy atom. The van der Waals surface area contributed by atoms with Crippen LogP contribution in [-0.4, -0.2) is 47.0 Å². The van der Waals surface area contributed by atoms with Crippen LogP contribution in [0.2, 0.25) is 0 Å². The molecule has 2 atom stereocenters. The van der Waals surface area contributed by atoms with Crippen molar-refractivity contribution in [3.63, 3.8) is 0 Å². The first-order chi connectivity index (χ1) is 10.2. The number of halogens is 1. The molecule has 0 saturated carbocycles. The van der Waals surface area contributed by atoms with Gasteiger partial charge in [0.15, 0.2) is 0 Å². The van der Waals surface area contributed by atoms with Gasteiger partial charge >= 0.3 is 0 Å². The number of morpholine rings is 1. The van der Waals surface area contributed by atoms with E-state index >= 15 is 0 Å². The van der Waals surface area contributed by atoms with Crippen LogP contribution in [0.4, 0.5) is 0 Å². The molecule has 1 fully saturated rings. The van der Waals surface area contributed by atoms with Crippen molar-refractivity contribution < 1.29 is 9.53 Å². The second-order valence-electron chi connectivity index (χ2n) is 5.31. The van der Waals surface area contributed by atoms with Crippen LogP contribution < -0.4 is 0 Å². The van der Waals surface area contributed by atoms with Gasteiger partial charge in [0.25, 0.3) is 5.91 Å². The fourth-order valence-electron chi connectivity index (χ4n) is 2.53. The average Bonchev–Trinajstić information content (AvgIpc) is 2.54. The summed E-state index contributed by atoms with van der Waals surface area (Å²) in [7, 11) is 0. The van der Waals surface area contributed by atoms with E-state index in [2.05, 4.69) is 4.98 Å². The molecule has 5 heteroatoms. The molecule has 4 nitrogen and oxygen atoms in total. The predicted octanol–water partition coefficient (Wildman–Crippen LogP) is 2.70. The number of ether oxygens (including phenoxy) is 1. The van der Waals surface area contributed by atoms with Gasteiger partial charge in [0.05, 0.1) is 30.1 Å². The van der Waals surface area contributed by atoms with Crippen LogP contribution in [0.3, 0.4) is 0 Å². The molecule has 0 spiro atoms. The zero-order valence-electron chi connectivity index (χ0n) is 11.8. The molecular formula is C16H17ClN2O2. The summed E-state index contributed by atoms with van der Waals surface area (Å²) in [5.74, 6) is 0.327. The summed E-state index contributed by atoms with van der Waals surface area (Å²) in [6.07, 6.45) is -0.104. The lowest BCUT2D eigenvalue weighted by molar-refractivity contribution is -0.0373. The average molecular weight is 305 g/mol. The molecule has 3 rings (SSSR count). The van der Waals surface area contributed by atoms with Gasteiger partial charge in [-0.05, 0) is 19.1 Å². The smallest absolute Gasteiger partial charge is 0.272 e. The number of nitrogens with zero attached hydrogens (tertiary/aromatic N) is 2. The van der Waals surface area contributed by atoms with Gasteiger partial charge in [-0.15, -0.1) is 11.6 Å². The molecule has 0 aliphatic carbocycles. The number of aromatic nitrogens is 1. The van der Waals surface area contributed by atoms with Gasteiger partial charge in [-0.25, -0.2) is 4.98 Å². The zero-order valence-corrected chi connectivity index (χ0v) is 12.6. The Hall–Kier alpha value is -1.65. The van der Waals surface area contributed by atoms with Crippen LogP contribution in [0.1, 0.15) is 17.4 Å². The summed E-state index contributed by atoms with van der Waals surface area (Å²) in [4.78, 5) is 18.9. The number of carbonyl (C=O) groups is 1. The topological polar surface area (TPSA) is 42.4 Å². The maximum atomic E-state index is 12.7. The number of amides is 1. The van der Waals surface area contributed by atoms with Crippen molar-refractivity contribution in [1.82, 2.24) is 9.88 Å². The Balaban J connectivity index is 1.88. The number of alkyl halides is 1. The van der Waals surface area contributed by atoms with Gasteiger partial charge in [-0.3, -0.25) is 4.79 Å². The molecule has 1 aliphatic heterocycles. The zero-order chi connectivity index (χ0) is 14.8. The molecule has 1 aliphatic rings. The molecule has 0 N–H and O–H groups in total. The number of fused-ring (bicyclic) bond motifs is 1. The number of benzene rings is 1. The van der Waals surface area contributed by atoms with Crippen LogP contribution in [0.25, 0.3) is 10.9 Å². The first-order valence-electron chi connectivity index (χ1n) is 7.03. The number of rotatable bonds is 2. The number of pyridine rings is 1. The maximum Gasteiger partial charge on any atom is 0.272 e. The molecule has 1 aromatic carbocycles. The van der Waals surface area contributed by atoms with E-state index < -0.39 is 0 Å². The van der Waals surface area contributed by atoms with Crippen molar-refractivity contribution in [2.24, 2.45) is 0 Å². The lowest BCUT2D eigenvalue weighted by Crippen LogP contribution is -2.51. The Morgan fingerprint density at radius 3 is 3.00 bits per heavy atom. The fraction of sp³-hybridized carbons (Fsp3) is 0.375. The Labute approximate surface area is 128 Å². The molecule has 110 valence electrons. The van der Waals surface area contributed by atoms with Crippen molar-refractivity contribution in [3.05, 3.63) is 42.1 Å². The monoisotopic (exact) mass is 304 g/mol. The molecule has 2 aromatic rings. The maximum absolute atomic E-state index is 12.7. The highest BCUT2D eigenvalue weighted by Crippen LogP contribution is 2.18. The van der Waals surface area contributed by atoms with Crippen molar-refractivity contribution in [2.75, 3.05) is 19.0 Å². The second-order valence-corrected chi connectivity index (χ2v) is 5.61. The highest BCUT2D eigenvalue weighted by Gasteiger charge is 2.30. The molecule has 0 radical (unpaired) electrons. The van der Waals surface area contributed by atoms with Gasteiger partial charge in [-0.1, -0.05) is 24.3 Å². The number of para-hydroxylation sites is 1. The fourth-order valence-corrected chi connectivity index (χ4v) is 2.71. The number of carbonyl (C=O) groups excluding carboxylic acids is 1. The number of hydrogen-bond donors (Lipinski definition) is 0. The van der Waals surface area contributed by atoms with Crippen molar-refractivity contribution in [3.8, 4) is 0 Å². The lowest BCUT2D eigenvalue weighted by Gasteiger charge is -2.37. The van der Waals surface area contributed by atoms with E-state index in [1.807, 2.05) is 37.3 Å². The van der Waals surface area contributed by atoms with Crippen molar-refractivity contribution >= 4 is 28.4 Å². The first-order valence-corrected chi connectivity index (χ1v) is 7.57. The Bertz CT molecular complexity index is 662. The van der Waals surface area contributed by atoms with E-state index in [4.69, 9.17) is 16.3 Å². The standard InChI is InChI=1S/C16H17ClN2O2/c1-11-10-21-13(8-17)9-19(11)16(20)15-7-6-12-4-2-3-5-14(12)18-15/h2-7,11,13H,8-10H2,1H3. The van der Waals surface area contributed by atoms with Gasteiger partial charge in [-0.2, -0.15) is 0 Å². The van der Waals surface area contributed by atoms with E-state index in [0.717, 1.165) is 10.9 Å². The summed E-state index contributed by atoms with van der Waals surface area (Å²) in [5.41, 5.74) is 1.30. The normalized spacial score (nSPS) is 22.5. The summed E-state index contributed by atoms with van der Waals surface area (Å²) >= 11 is 5.84. The summed E-state index contributed by atoms with van der Waals surface area (Å²) in [5, 5.41) is 1.03. The summed E-state index contributed by atoms with van der Waals surface area (Å²) in [6.45, 7) is 3.00. The molecule has 0 bridgehead atoms. The second kappa shape index (κ2) is 6.00. The molecule has 21 heavy (non-hydrogen) atoms. The van der Waals surface area contributed by atoms with Gasteiger partial charge in [0.2, 0.25) is 0 Å². The van der Waals surface area contributed by atoms with Gasteiger partial charge in [0.1, 0.15) is 5.69 Å². The highest BCUT2D eigenvalue weighted by atomic mass is 35.5. The minimum Gasteiger partial charge on any atom is -0.373 e. The largest absolute Gasteiger partial charge is 0.373 e. The summed E-state index contributed by atoms with van der Waals surface area (Å²) < 4.78 is 5.58. The lowest BCUT2D eigenvalue weighted by atomic mass is 10.1. The van der Waals surface area contributed by atoms with Crippen LogP contribution >= 0.6 is 11.6 Å². The quantitative estimate of drug-likeness (QED) is 0.801. The van der Waals surface area contributed by atoms with Crippen molar-refractivity contribution in [1.29, 1.82) is 0 Å². The third-order valence-electron chi connectivity index (χ3n) is 3.76. The van der Waals surface area contributed by atoms with E-state index in [-0.39, 0.29) is 18.1 Å². The van der Waals surface area contributed by atoms with Gasteiger partial charge < -0.3 is 9.64 Å². The van der Waals surface area contributed by atoms with E-state index in [1.165, 1.54) is 0 Å². The van der Waals surface area contributed by atoms with Crippen molar-refractivity contribution in [2.45, 2.75) is 19.1 Å². The highest BCUT2D eigenvalue weighted by molar-refractivity contribution is 6.18.